The summed E-state index contributed by atoms with van der Waals surface area (Å²) in [4.78, 5) is 2.18. The van der Waals surface area contributed by atoms with E-state index in [4.69, 9.17) is 0 Å². The normalized spacial score (nSPS) is 19.1. The molecular formula is C15H24BrN3O2S. The molecule has 124 valence electrons. The van der Waals surface area contributed by atoms with Crippen LogP contribution in [0.15, 0.2) is 27.6 Å². The molecule has 0 bridgehead atoms. The summed E-state index contributed by atoms with van der Waals surface area (Å²) in [6.45, 7) is 2.54. The van der Waals surface area contributed by atoms with E-state index in [2.05, 4.69) is 26.0 Å². The second-order valence-electron chi connectivity index (χ2n) is 5.91. The van der Waals surface area contributed by atoms with Crippen molar-refractivity contribution in [2.75, 3.05) is 38.6 Å². The second kappa shape index (κ2) is 7.77. The molecule has 22 heavy (non-hydrogen) atoms. The van der Waals surface area contributed by atoms with Crippen molar-refractivity contribution in [3.8, 4) is 0 Å². The fraction of sp³-hybridized carbons (Fsp3) is 0.600. The van der Waals surface area contributed by atoms with Gasteiger partial charge in [0.15, 0.2) is 0 Å². The first kappa shape index (κ1) is 17.7. The highest BCUT2D eigenvalue weighted by Crippen LogP contribution is 2.26. The van der Waals surface area contributed by atoms with Crippen LogP contribution >= 0.6 is 15.9 Å². The predicted octanol–water partition coefficient (Wildman–Crippen LogP) is 2.18. The quantitative estimate of drug-likeness (QED) is 0.782. The summed E-state index contributed by atoms with van der Waals surface area (Å²) in [5.41, 5.74) is 0.861. The first-order valence-corrected chi connectivity index (χ1v) is 9.85. The Balaban J connectivity index is 2.01. The number of rotatable bonds is 6. The van der Waals surface area contributed by atoms with E-state index in [1.54, 1.807) is 12.1 Å². The van der Waals surface area contributed by atoms with Crippen LogP contribution < -0.4 is 14.9 Å². The SMILES string of the molecule is CN(C)c1ccc(Br)c(S(=O)(=O)NCCC2CCCNC2)c1. The number of benzene rings is 1. The molecule has 0 saturated carbocycles. The third-order valence-corrected chi connectivity index (χ3v) is 6.42. The van der Waals surface area contributed by atoms with Crippen molar-refractivity contribution in [3.05, 3.63) is 22.7 Å². The van der Waals surface area contributed by atoms with Crippen molar-refractivity contribution in [2.45, 2.75) is 24.2 Å². The minimum absolute atomic E-state index is 0.292. The summed E-state index contributed by atoms with van der Waals surface area (Å²) in [6.07, 6.45) is 3.22. The second-order valence-corrected chi connectivity index (χ2v) is 8.50. The predicted molar refractivity (Wildman–Crippen MR) is 93.9 cm³/mol. The van der Waals surface area contributed by atoms with Crippen LogP contribution in [-0.4, -0.2) is 42.1 Å². The molecule has 1 aliphatic rings. The Morgan fingerprint density at radius 2 is 2.18 bits per heavy atom. The number of sulfonamides is 1. The number of piperidine rings is 1. The Labute approximate surface area is 141 Å². The Kier molecular flexibility index (Phi) is 6.26. The molecule has 7 heteroatoms. The van der Waals surface area contributed by atoms with Crippen LogP contribution in [0.3, 0.4) is 0 Å². The fourth-order valence-electron chi connectivity index (χ4n) is 2.62. The first-order valence-electron chi connectivity index (χ1n) is 7.57. The summed E-state index contributed by atoms with van der Waals surface area (Å²) in [6, 6.07) is 5.35. The molecule has 1 aromatic carbocycles. The molecule has 1 atom stereocenters. The van der Waals surface area contributed by atoms with Gasteiger partial charge in [0.25, 0.3) is 0 Å². The summed E-state index contributed by atoms with van der Waals surface area (Å²) in [5.74, 6) is 0.563. The average Bonchev–Trinajstić information content (AvgIpc) is 2.48. The lowest BCUT2D eigenvalue weighted by Gasteiger charge is -2.22. The molecule has 0 aliphatic carbocycles. The zero-order valence-electron chi connectivity index (χ0n) is 13.1. The van der Waals surface area contributed by atoms with Gasteiger partial charge in [-0.05, 0) is 72.4 Å². The topological polar surface area (TPSA) is 61.4 Å². The number of halogens is 1. The number of nitrogens with one attached hydrogen (secondary N) is 2. The van der Waals surface area contributed by atoms with Gasteiger partial charge in [-0.15, -0.1) is 0 Å². The molecule has 5 nitrogen and oxygen atoms in total. The summed E-state index contributed by atoms with van der Waals surface area (Å²) in [7, 11) is 0.292. The summed E-state index contributed by atoms with van der Waals surface area (Å²) >= 11 is 3.34. The molecule has 0 radical (unpaired) electrons. The molecule has 0 amide bonds. The van der Waals surface area contributed by atoms with Crippen molar-refractivity contribution in [1.29, 1.82) is 0 Å². The lowest BCUT2D eigenvalue weighted by atomic mass is 9.96. The average molecular weight is 390 g/mol. The van der Waals surface area contributed by atoms with Gasteiger partial charge in [0.2, 0.25) is 10.0 Å². The fourth-order valence-corrected chi connectivity index (χ4v) is 4.65. The van der Waals surface area contributed by atoms with E-state index in [9.17, 15) is 8.42 Å². The number of hydrogen-bond donors (Lipinski definition) is 2. The van der Waals surface area contributed by atoms with Gasteiger partial charge in [0.05, 0.1) is 4.90 Å². The smallest absolute Gasteiger partial charge is 0.241 e. The maximum absolute atomic E-state index is 12.5. The van der Waals surface area contributed by atoms with E-state index < -0.39 is 10.0 Å². The zero-order valence-corrected chi connectivity index (χ0v) is 15.5. The maximum atomic E-state index is 12.5. The van der Waals surface area contributed by atoms with Gasteiger partial charge in [-0.1, -0.05) is 0 Å². The molecule has 0 spiro atoms. The van der Waals surface area contributed by atoms with Crippen LogP contribution in [0.25, 0.3) is 0 Å². The highest BCUT2D eigenvalue weighted by Gasteiger charge is 2.19. The molecule has 2 rings (SSSR count). The molecule has 1 aromatic rings. The molecule has 1 fully saturated rings. The number of hydrogen-bond acceptors (Lipinski definition) is 4. The van der Waals surface area contributed by atoms with Crippen molar-refractivity contribution >= 4 is 31.6 Å². The number of nitrogens with zero attached hydrogens (tertiary/aromatic N) is 1. The summed E-state index contributed by atoms with van der Waals surface area (Å²) in [5, 5.41) is 3.35. The van der Waals surface area contributed by atoms with Crippen LogP contribution in [0.4, 0.5) is 5.69 Å². The third kappa shape index (κ3) is 4.68. The van der Waals surface area contributed by atoms with Gasteiger partial charge in [0.1, 0.15) is 0 Å². The minimum atomic E-state index is -3.49. The van der Waals surface area contributed by atoms with Crippen molar-refractivity contribution in [3.63, 3.8) is 0 Å². The minimum Gasteiger partial charge on any atom is -0.378 e. The van der Waals surface area contributed by atoms with E-state index in [1.165, 1.54) is 12.8 Å². The third-order valence-electron chi connectivity index (χ3n) is 3.96. The van der Waals surface area contributed by atoms with Gasteiger partial charge in [0, 0.05) is 30.8 Å². The largest absolute Gasteiger partial charge is 0.378 e. The van der Waals surface area contributed by atoms with Crippen LogP contribution in [0.1, 0.15) is 19.3 Å². The molecule has 1 saturated heterocycles. The monoisotopic (exact) mass is 389 g/mol. The molecule has 1 unspecified atom stereocenters. The van der Waals surface area contributed by atoms with Crippen molar-refractivity contribution in [1.82, 2.24) is 10.0 Å². The molecule has 0 aromatic heterocycles. The van der Waals surface area contributed by atoms with E-state index in [0.717, 1.165) is 25.2 Å². The molecule has 2 N–H and O–H groups in total. The zero-order chi connectivity index (χ0) is 16.2. The number of anilines is 1. The van der Waals surface area contributed by atoms with Gasteiger partial charge in [-0.3, -0.25) is 0 Å². The standard InChI is InChI=1S/C15H24BrN3O2S/c1-19(2)13-5-6-14(16)15(10-13)22(20,21)18-9-7-12-4-3-8-17-11-12/h5-6,10,12,17-18H,3-4,7-9,11H2,1-2H3. The van der Waals surface area contributed by atoms with Gasteiger partial charge in [-0.2, -0.15) is 0 Å². The Bertz CT molecular complexity index is 599. The Morgan fingerprint density at radius 3 is 2.82 bits per heavy atom. The van der Waals surface area contributed by atoms with E-state index in [-0.39, 0.29) is 0 Å². The van der Waals surface area contributed by atoms with Crippen molar-refractivity contribution in [2.24, 2.45) is 5.92 Å². The molecule has 1 aliphatic heterocycles. The van der Waals surface area contributed by atoms with E-state index in [1.807, 2.05) is 25.1 Å². The first-order chi connectivity index (χ1) is 10.4. The van der Waals surface area contributed by atoms with Crippen LogP contribution in [0.2, 0.25) is 0 Å². The van der Waals surface area contributed by atoms with Gasteiger partial charge in [-0.25, -0.2) is 13.1 Å². The summed E-state index contributed by atoms with van der Waals surface area (Å²) < 4.78 is 28.3. The van der Waals surface area contributed by atoms with E-state index in [0.29, 0.717) is 21.8 Å². The molecular weight excluding hydrogens is 366 g/mol. The van der Waals surface area contributed by atoms with Crippen LogP contribution in [0.5, 0.6) is 0 Å². The van der Waals surface area contributed by atoms with Crippen molar-refractivity contribution < 1.29 is 8.42 Å². The Morgan fingerprint density at radius 1 is 1.41 bits per heavy atom. The van der Waals surface area contributed by atoms with E-state index >= 15 is 0 Å². The lowest BCUT2D eigenvalue weighted by molar-refractivity contribution is 0.358. The van der Waals surface area contributed by atoms with Crippen LogP contribution in [0, 0.1) is 5.92 Å². The Hall–Kier alpha value is -0.630. The highest BCUT2D eigenvalue weighted by atomic mass is 79.9. The van der Waals surface area contributed by atoms with Gasteiger partial charge >= 0.3 is 0 Å². The highest BCUT2D eigenvalue weighted by molar-refractivity contribution is 9.10. The van der Waals surface area contributed by atoms with Gasteiger partial charge < -0.3 is 10.2 Å². The molecule has 1 heterocycles. The maximum Gasteiger partial charge on any atom is 0.241 e. The lowest BCUT2D eigenvalue weighted by Crippen LogP contribution is -2.33. The van der Waals surface area contributed by atoms with Crippen LogP contribution in [-0.2, 0) is 10.0 Å².